The van der Waals surface area contributed by atoms with Crippen molar-refractivity contribution in [3.8, 4) is 5.75 Å². The molecule has 0 spiro atoms. The first kappa shape index (κ1) is 21.2. The summed E-state index contributed by atoms with van der Waals surface area (Å²) in [6, 6.07) is 6.99. The average molecular weight is 418 g/mol. The number of rotatable bonds is 8. The van der Waals surface area contributed by atoms with E-state index in [0.717, 1.165) is 23.3 Å². The molecule has 0 saturated carbocycles. The lowest BCUT2D eigenvalue weighted by molar-refractivity contribution is -0.147. The summed E-state index contributed by atoms with van der Waals surface area (Å²) in [6.07, 6.45) is 1.71. The molecule has 29 heavy (non-hydrogen) atoms. The van der Waals surface area contributed by atoms with Crippen molar-refractivity contribution in [2.24, 2.45) is 0 Å². The minimum atomic E-state index is -0.578. The number of nitrogens with zero attached hydrogens (tertiary/aromatic N) is 1. The fraction of sp³-hybridized carbons (Fsp3) is 0.476. The SMILES string of the molecule is CCCNC(=O)C1=C(C)CS[C@@H]2[C@H](NC(=O)CCc3ccc(OC)cc3)C(=O)N12. The Kier molecular flexibility index (Phi) is 6.84. The Labute approximate surface area is 175 Å². The summed E-state index contributed by atoms with van der Waals surface area (Å²) in [5.41, 5.74) is 2.36. The number of β-lactam (4-membered cyclic amide) rings is 1. The Morgan fingerprint density at radius 2 is 2.00 bits per heavy atom. The molecule has 3 rings (SSSR count). The number of amides is 3. The van der Waals surface area contributed by atoms with Crippen LogP contribution in [0.15, 0.2) is 35.5 Å². The Morgan fingerprint density at radius 1 is 1.28 bits per heavy atom. The fourth-order valence-electron chi connectivity index (χ4n) is 3.41. The monoisotopic (exact) mass is 417 g/mol. The average Bonchev–Trinajstić information content (AvgIpc) is 2.74. The molecule has 0 unspecified atom stereocenters. The predicted molar refractivity (Wildman–Crippen MR) is 112 cm³/mol. The van der Waals surface area contributed by atoms with E-state index in [1.807, 2.05) is 38.1 Å². The number of hydrogen-bond donors (Lipinski definition) is 2. The summed E-state index contributed by atoms with van der Waals surface area (Å²) in [6.45, 7) is 4.42. The number of carbonyl (C=O) groups excluding carboxylic acids is 3. The van der Waals surface area contributed by atoms with Crippen LogP contribution in [0.2, 0.25) is 0 Å². The van der Waals surface area contributed by atoms with Gasteiger partial charge in [0, 0.05) is 18.7 Å². The highest BCUT2D eigenvalue weighted by Gasteiger charge is 2.53. The molecule has 7 nitrogen and oxygen atoms in total. The van der Waals surface area contributed by atoms with E-state index >= 15 is 0 Å². The highest BCUT2D eigenvalue weighted by Crippen LogP contribution is 2.40. The number of carbonyl (C=O) groups is 3. The molecule has 0 aromatic heterocycles. The van der Waals surface area contributed by atoms with Crippen LogP contribution in [-0.2, 0) is 20.8 Å². The van der Waals surface area contributed by atoms with E-state index in [4.69, 9.17) is 4.74 Å². The Balaban J connectivity index is 1.56. The van der Waals surface area contributed by atoms with E-state index in [-0.39, 0.29) is 23.1 Å². The molecule has 1 fully saturated rings. The first-order valence-corrected chi connectivity index (χ1v) is 10.9. The number of benzene rings is 1. The molecule has 0 radical (unpaired) electrons. The zero-order chi connectivity index (χ0) is 21.0. The van der Waals surface area contributed by atoms with Gasteiger partial charge in [0.1, 0.15) is 22.9 Å². The highest BCUT2D eigenvalue weighted by molar-refractivity contribution is 8.00. The molecular weight excluding hydrogens is 390 g/mol. The van der Waals surface area contributed by atoms with Gasteiger partial charge in [-0.15, -0.1) is 11.8 Å². The third-order valence-corrected chi connectivity index (χ3v) is 6.45. The smallest absolute Gasteiger partial charge is 0.268 e. The Hall–Kier alpha value is -2.48. The van der Waals surface area contributed by atoms with Crippen molar-refractivity contribution in [3.63, 3.8) is 0 Å². The molecule has 8 heteroatoms. The van der Waals surface area contributed by atoms with Crippen LogP contribution in [-0.4, -0.2) is 53.4 Å². The summed E-state index contributed by atoms with van der Waals surface area (Å²) < 4.78 is 5.13. The number of ether oxygens (including phenoxy) is 1. The van der Waals surface area contributed by atoms with Crippen LogP contribution in [0.25, 0.3) is 0 Å². The number of thioether (sulfide) groups is 1. The maximum absolute atomic E-state index is 12.7. The van der Waals surface area contributed by atoms with Gasteiger partial charge in [0.25, 0.3) is 11.8 Å². The molecule has 2 heterocycles. The van der Waals surface area contributed by atoms with Gasteiger partial charge in [-0.05, 0) is 43.0 Å². The molecule has 2 N–H and O–H groups in total. The third kappa shape index (κ3) is 4.58. The number of fused-ring (bicyclic) bond motifs is 1. The molecule has 2 atom stereocenters. The van der Waals surface area contributed by atoms with Crippen molar-refractivity contribution in [2.75, 3.05) is 19.4 Å². The van der Waals surface area contributed by atoms with Crippen LogP contribution in [0.4, 0.5) is 0 Å². The third-order valence-electron chi connectivity index (χ3n) is 5.03. The minimum Gasteiger partial charge on any atom is -0.497 e. The molecule has 1 saturated heterocycles. The van der Waals surface area contributed by atoms with Crippen molar-refractivity contribution in [2.45, 2.75) is 44.5 Å². The molecule has 1 aromatic carbocycles. The Morgan fingerprint density at radius 3 is 2.66 bits per heavy atom. The number of aryl methyl sites for hydroxylation is 1. The fourth-order valence-corrected chi connectivity index (χ4v) is 4.70. The van der Waals surface area contributed by atoms with Crippen LogP contribution in [0, 0.1) is 0 Å². The van der Waals surface area contributed by atoms with Crippen molar-refractivity contribution in [3.05, 3.63) is 41.1 Å². The van der Waals surface area contributed by atoms with E-state index in [9.17, 15) is 14.4 Å². The topological polar surface area (TPSA) is 87.7 Å². The van der Waals surface area contributed by atoms with E-state index < -0.39 is 6.04 Å². The molecule has 2 aliphatic heterocycles. The number of hydrogen-bond acceptors (Lipinski definition) is 5. The van der Waals surface area contributed by atoms with Gasteiger partial charge in [-0.2, -0.15) is 0 Å². The van der Waals surface area contributed by atoms with Crippen LogP contribution < -0.4 is 15.4 Å². The maximum Gasteiger partial charge on any atom is 0.268 e. The lowest BCUT2D eigenvalue weighted by Crippen LogP contribution is -2.71. The van der Waals surface area contributed by atoms with Crippen molar-refractivity contribution >= 4 is 29.5 Å². The molecule has 156 valence electrons. The summed E-state index contributed by atoms with van der Waals surface area (Å²) in [4.78, 5) is 39.1. The van der Waals surface area contributed by atoms with Gasteiger partial charge in [0.15, 0.2) is 0 Å². The largest absolute Gasteiger partial charge is 0.497 e. The summed E-state index contributed by atoms with van der Waals surface area (Å²) in [5, 5.41) is 5.47. The van der Waals surface area contributed by atoms with Gasteiger partial charge in [-0.25, -0.2) is 0 Å². The van der Waals surface area contributed by atoms with Crippen LogP contribution >= 0.6 is 11.8 Å². The second kappa shape index (κ2) is 9.35. The standard InChI is InChI=1S/C21H27N3O4S/c1-4-11-22-19(26)18-13(2)12-29-21-17(20(27)24(18)21)23-16(25)10-7-14-5-8-15(28-3)9-6-14/h5-6,8-9,17,21H,4,7,10-12H2,1-3H3,(H,22,26)(H,23,25)/t17-,21-/m1/s1. The molecular formula is C21H27N3O4S. The van der Waals surface area contributed by atoms with Crippen molar-refractivity contribution in [1.82, 2.24) is 15.5 Å². The van der Waals surface area contributed by atoms with Gasteiger partial charge >= 0.3 is 0 Å². The predicted octanol–water partition coefficient (Wildman–Crippen LogP) is 1.83. The lowest BCUT2D eigenvalue weighted by Gasteiger charge is -2.49. The van der Waals surface area contributed by atoms with Gasteiger partial charge in [0.2, 0.25) is 5.91 Å². The molecule has 0 bridgehead atoms. The number of methoxy groups -OCH3 is 1. The zero-order valence-corrected chi connectivity index (χ0v) is 17.8. The normalized spacial score (nSPS) is 20.7. The zero-order valence-electron chi connectivity index (χ0n) is 17.0. The summed E-state index contributed by atoms with van der Waals surface area (Å²) >= 11 is 1.58. The van der Waals surface area contributed by atoms with E-state index in [1.165, 1.54) is 4.90 Å². The second-order valence-corrected chi connectivity index (χ2v) is 8.29. The lowest BCUT2D eigenvalue weighted by atomic mass is 10.0. The van der Waals surface area contributed by atoms with Crippen molar-refractivity contribution in [1.29, 1.82) is 0 Å². The van der Waals surface area contributed by atoms with Crippen LogP contribution in [0.5, 0.6) is 5.75 Å². The molecule has 3 amide bonds. The minimum absolute atomic E-state index is 0.164. The first-order chi connectivity index (χ1) is 14.0. The Bertz CT molecular complexity index is 822. The quantitative estimate of drug-likeness (QED) is 0.630. The molecule has 0 aliphatic carbocycles. The maximum atomic E-state index is 12.7. The van der Waals surface area contributed by atoms with Gasteiger partial charge in [-0.1, -0.05) is 19.1 Å². The van der Waals surface area contributed by atoms with E-state index in [2.05, 4.69) is 10.6 Å². The first-order valence-electron chi connectivity index (χ1n) is 9.81. The van der Waals surface area contributed by atoms with E-state index in [1.54, 1.807) is 18.9 Å². The highest BCUT2D eigenvalue weighted by atomic mass is 32.2. The summed E-state index contributed by atoms with van der Waals surface area (Å²) in [5.74, 6) is 0.840. The number of nitrogens with one attached hydrogen (secondary N) is 2. The van der Waals surface area contributed by atoms with E-state index in [0.29, 0.717) is 30.8 Å². The van der Waals surface area contributed by atoms with Gasteiger partial charge in [0.05, 0.1) is 7.11 Å². The van der Waals surface area contributed by atoms with Gasteiger partial charge in [-0.3, -0.25) is 19.3 Å². The van der Waals surface area contributed by atoms with Crippen LogP contribution in [0.3, 0.4) is 0 Å². The second-order valence-electron chi connectivity index (χ2n) is 7.19. The molecule has 1 aromatic rings. The van der Waals surface area contributed by atoms with Gasteiger partial charge < -0.3 is 15.4 Å². The molecule has 2 aliphatic rings. The van der Waals surface area contributed by atoms with Crippen molar-refractivity contribution < 1.29 is 19.1 Å². The summed E-state index contributed by atoms with van der Waals surface area (Å²) in [7, 11) is 1.61. The van der Waals surface area contributed by atoms with Crippen LogP contribution in [0.1, 0.15) is 32.3 Å².